The fourth-order valence-electron chi connectivity index (χ4n) is 1.95. The Morgan fingerprint density at radius 1 is 1.35 bits per heavy atom. The van der Waals surface area contributed by atoms with Gasteiger partial charge in [0, 0.05) is 12.2 Å². The molecule has 0 radical (unpaired) electrons. The smallest absolute Gasteiger partial charge is 0.339 e. The van der Waals surface area contributed by atoms with Gasteiger partial charge in [-0.15, -0.1) is 0 Å². The number of carboxylic acid groups (broad SMARTS) is 1. The predicted molar refractivity (Wildman–Crippen MR) is 74.4 cm³/mol. The average molecular weight is 274 g/mol. The van der Waals surface area contributed by atoms with E-state index in [1.165, 1.54) is 18.2 Å². The van der Waals surface area contributed by atoms with E-state index in [0.717, 1.165) is 5.56 Å². The molecule has 1 unspecified atom stereocenters. The van der Waals surface area contributed by atoms with Crippen LogP contribution in [-0.4, -0.2) is 22.1 Å². The van der Waals surface area contributed by atoms with Crippen LogP contribution >= 0.6 is 0 Å². The van der Waals surface area contributed by atoms with Gasteiger partial charge in [-0.25, -0.2) is 14.2 Å². The molecule has 0 saturated heterocycles. The summed E-state index contributed by atoms with van der Waals surface area (Å²) in [6.45, 7) is 1.92. The van der Waals surface area contributed by atoms with Crippen LogP contribution in [0, 0.1) is 5.82 Å². The molecule has 0 aliphatic rings. The summed E-state index contributed by atoms with van der Waals surface area (Å²) in [6.07, 6.45) is 2.19. The lowest BCUT2D eigenvalue weighted by Crippen LogP contribution is -2.20. The summed E-state index contributed by atoms with van der Waals surface area (Å²) < 4.78 is 12.8. The van der Waals surface area contributed by atoms with E-state index in [-0.39, 0.29) is 17.4 Å². The minimum atomic E-state index is -1.02. The van der Waals surface area contributed by atoms with E-state index in [1.54, 1.807) is 24.4 Å². The van der Waals surface area contributed by atoms with Crippen molar-refractivity contribution < 1.29 is 14.3 Å². The number of halogens is 1. The van der Waals surface area contributed by atoms with Gasteiger partial charge in [0.25, 0.3) is 0 Å². The van der Waals surface area contributed by atoms with Crippen LogP contribution in [0.2, 0.25) is 0 Å². The lowest BCUT2D eigenvalue weighted by Gasteiger charge is -2.16. The molecule has 2 aromatic rings. The molecule has 2 rings (SSSR count). The minimum absolute atomic E-state index is 0.0199. The van der Waals surface area contributed by atoms with Crippen molar-refractivity contribution in [3.8, 4) is 0 Å². The molecule has 0 bridgehead atoms. The SMILES string of the molecule is CC(Cc1ccc(F)cc1)Nc1ncccc1C(=O)O. The zero-order chi connectivity index (χ0) is 14.5. The van der Waals surface area contributed by atoms with Gasteiger partial charge in [-0.05, 0) is 43.2 Å². The average Bonchev–Trinajstić information content (AvgIpc) is 2.41. The molecule has 1 heterocycles. The largest absolute Gasteiger partial charge is 0.478 e. The molecular formula is C15H15FN2O2. The molecule has 0 amide bonds. The van der Waals surface area contributed by atoms with Crippen LogP contribution in [0.4, 0.5) is 10.2 Å². The number of carbonyl (C=O) groups is 1. The molecule has 5 heteroatoms. The molecule has 104 valence electrons. The van der Waals surface area contributed by atoms with Crippen LogP contribution in [-0.2, 0) is 6.42 Å². The molecule has 1 aromatic carbocycles. The second-order valence-corrected chi connectivity index (χ2v) is 4.58. The van der Waals surface area contributed by atoms with Crippen LogP contribution < -0.4 is 5.32 Å². The Bertz CT molecular complexity index is 599. The summed E-state index contributed by atoms with van der Waals surface area (Å²) in [5, 5.41) is 12.1. The lowest BCUT2D eigenvalue weighted by molar-refractivity contribution is 0.0697. The van der Waals surface area contributed by atoms with Gasteiger partial charge >= 0.3 is 5.97 Å². The molecule has 0 spiro atoms. The molecule has 1 atom stereocenters. The van der Waals surface area contributed by atoms with Gasteiger partial charge in [0.2, 0.25) is 0 Å². The molecule has 0 aliphatic carbocycles. The van der Waals surface area contributed by atoms with Crippen molar-refractivity contribution in [2.75, 3.05) is 5.32 Å². The Morgan fingerprint density at radius 3 is 2.70 bits per heavy atom. The number of aromatic nitrogens is 1. The molecule has 20 heavy (non-hydrogen) atoms. The monoisotopic (exact) mass is 274 g/mol. The van der Waals surface area contributed by atoms with E-state index in [2.05, 4.69) is 10.3 Å². The van der Waals surface area contributed by atoms with E-state index in [0.29, 0.717) is 12.2 Å². The first kappa shape index (κ1) is 14.0. The van der Waals surface area contributed by atoms with Crippen LogP contribution in [0.1, 0.15) is 22.8 Å². The van der Waals surface area contributed by atoms with Crippen molar-refractivity contribution in [3.05, 3.63) is 59.5 Å². The standard InChI is InChI=1S/C15H15FN2O2/c1-10(9-11-4-6-12(16)7-5-11)18-14-13(15(19)20)3-2-8-17-14/h2-8,10H,9H2,1H3,(H,17,18)(H,19,20). The summed E-state index contributed by atoms with van der Waals surface area (Å²) in [6, 6.07) is 9.31. The van der Waals surface area contributed by atoms with Crippen molar-refractivity contribution in [1.29, 1.82) is 0 Å². The van der Waals surface area contributed by atoms with Gasteiger partial charge in [-0.1, -0.05) is 12.1 Å². The van der Waals surface area contributed by atoms with E-state index < -0.39 is 5.97 Å². The highest BCUT2D eigenvalue weighted by Gasteiger charge is 2.12. The Labute approximate surface area is 116 Å². The van der Waals surface area contributed by atoms with Crippen molar-refractivity contribution in [2.45, 2.75) is 19.4 Å². The van der Waals surface area contributed by atoms with E-state index in [4.69, 9.17) is 5.11 Å². The third-order valence-electron chi connectivity index (χ3n) is 2.88. The molecule has 1 aromatic heterocycles. The third-order valence-corrected chi connectivity index (χ3v) is 2.88. The van der Waals surface area contributed by atoms with Crippen molar-refractivity contribution in [3.63, 3.8) is 0 Å². The van der Waals surface area contributed by atoms with Crippen molar-refractivity contribution in [2.24, 2.45) is 0 Å². The zero-order valence-corrected chi connectivity index (χ0v) is 11.0. The normalized spacial score (nSPS) is 11.9. The van der Waals surface area contributed by atoms with Gasteiger partial charge in [-0.2, -0.15) is 0 Å². The second kappa shape index (κ2) is 6.14. The van der Waals surface area contributed by atoms with Crippen LogP contribution in [0.15, 0.2) is 42.6 Å². The molecule has 0 saturated carbocycles. The van der Waals surface area contributed by atoms with Crippen LogP contribution in [0.5, 0.6) is 0 Å². The fraction of sp³-hybridized carbons (Fsp3) is 0.200. The van der Waals surface area contributed by atoms with E-state index in [9.17, 15) is 9.18 Å². The van der Waals surface area contributed by atoms with Gasteiger partial charge in [0.15, 0.2) is 0 Å². The Morgan fingerprint density at radius 2 is 2.05 bits per heavy atom. The molecule has 4 nitrogen and oxygen atoms in total. The summed E-state index contributed by atoms with van der Waals surface area (Å²) in [5.74, 6) is -0.948. The summed E-state index contributed by atoms with van der Waals surface area (Å²) in [5.41, 5.74) is 1.11. The van der Waals surface area contributed by atoms with Crippen molar-refractivity contribution >= 4 is 11.8 Å². The summed E-state index contributed by atoms with van der Waals surface area (Å²) in [4.78, 5) is 15.1. The third kappa shape index (κ3) is 3.54. The zero-order valence-electron chi connectivity index (χ0n) is 11.0. The Kier molecular flexibility index (Phi) is 4.30. The first-order valence-corrected chi connectivity index (χ1v) is 6.25. The number of hydrogen-bond donors (Lipinski definition) is 2. The number of anilines is 1. The maximum absolute atomic E-state index is 12.8. The Balaban J connectivity index is 2.06. The fourth-order valence-corrected chi connectivity index (χ4v) is 1.95. The highest BCUT2D eigenvalue weighted by molar-refractivity contribution is 5.93. The molecule has 0 fully saturated rings. The van der Waals surface area contributed by atoms with E-state index in [1.807, 2.05) is 6.92 Å². The molecular weight excluding hydrogens is 259 g/mol. The maximum Gasteiger partial charge on any atom is 0.339 e. The number of benzene rings is 1. The van der Waals surface area contributed by atoms with Crippen molar-refractivity contribution in [1.82, 2.24) is 4.98 Å². The summed E-state index contributed by atoms with van der Waals surface area (Å²) >= 11 is 0. The lowest BCUT2D eigenvalue weighted by atomic mass is 10.1. The Hall–Kier alpha value is -2.43. The number of aromatic carboxylic acids is 1. The number of hydrogen-bond acceptors (Lipinski definition) is 3. The summed E-state index contributed by atoms with van der Waals surface area (Å²) in [7, 11) is 0. The van der Waals surface area contributed by atoms with Gasteiger partial charge < -0.3 is 10.4 Å². The highest BCUT2D eigenvalue weighted by Crippen LogP contribution is 2.14. The predicted octanol–water partition coefficient (Wildman–Crippen LogP) is 2.96. The first-order valence-electron chi connectivity index (χ1n) is 6.25. The molecule has 2 N–H and O–H groups in total. The number of pyridine rings is 1. The first-order chi connectivity index (χ1) is 9.56. The quantitative estimate of drug-likeness (QED) is 0.880. The molecule has 0 aliphatic heterocycles. The highest BCUT2D eigenvalue weighted by atomic mass is 19.1. The van der Waals surface area contributed by atoms with Gasteiger partial charge in [0.1, 0.15) is 17.2 Å². The van der Waals surface area contributed by atoms with Crippen LogP contribution in [0.3, 0.4) is 0 Å². The van der Waals surface area contributed by atoms with E-state index >= 15 is 0 Å². The maximum atomic E-state index is 12.8. The van der Waals surface area contributed by atoms with Gasteiger partial charge in [-0.3, -0.25) is 0 Å². The van der Waals surface area contributed by atoms with Gasteiger partial charge in [0.05, 0.1) is 0 Å². The second-order valence-electron chi connectivity index (χ2n) is 4.58. The topological polar surface area (TPSA) is 62.2 Å². The minimum Gasteiger partial charge on any atom is -0.478 e. The number of nitrogens with one attached hydrogen (secondary N) is 1. The van der Waals surface area contributed by atoms with Crippen LogP contribution in [0.25, 0.3) is 0 Å². The number of rotatable bonds is 5. The number of nitrogens with zero attached hydrogens (tertiary/aromatic N) is 1. The number of carboxylic acids is 1.